The molecule has 6 heteroatoms. The first kappa shape index (κ1) is 13.5. The fraction of sp³-hybridized carbons (Fsp3) is 0.455. The van der Waals surface area contributed by atoms with Crippen LogP contribution in [0.4, 0.5) is 18.9 Å². The van der Waals surface area contributed by atoms with E-state index in [2.05, 4.69) is 10.3 Å². The number of nitrogens with one attached hydrogen (secondary N) is 1. The predicted octanol–water partition coefficient (Wildman–Crippen LogP) is 3.09. The zero-order chi connectivity index (χ0) is 13.3. The second-order valence-electron chi connectivity index (χ2n) is 4.63. The van der Waals surface area contributed by atoms with Crippen LogP contribution in [0.1, 0.15) is 26.5 Å². The van der Waals surface area contributed by atoms with Crippen molar-refractivity contribution in [2.24, 2.45) is 5.41 Å². The minimum atomic E-state index is -4.47. The van der Waals surface area contributed by atoms with E-state index < -0.39 is 17.3 Å². The standard InChI is InChI=1S/C11H13F3N2O/c1-10(2,3)9(17)16-7-4-5-8(15-6-7)11(12,13)14/h4-6H,1-3H3,(H,16,17). The van der Waals surface area contributed by atoms with Crippen LogP contribution in [0.3, 0.4) is 0 Å². The molecule has 3 nitrogen and oxygen atoms in total. The number of anilines is 1. The molecular weight excluding hydrogens is 233 g/mol. The van der Waals surface area contributed by atoms with Gasteiger partial charge in [0.15, 0.2) is 0 Å². The molecule has 0 unspecified atom stereocenters. The molecule has 1 aromatic heterocycles. The minimum Gasteiger partial charge on any atom is -0.324 e. The Hall–Kier alpha value is -1.59. The van der Waals surface area contributed by atoms with Crippen LogP contribution in [0.15, 0.2) is 18.3 Å². The molecule has 0 atom stereocenters. The molecule has 1 N–H and O–H groups in total. The predicted molar refractivity (Wildman–Crippen MR) is 57.3 cm³/mol. The fourth-order valence-electron chi connectivity index (χ4n) is 0.954. The molecule has 0 fully saturated rings. The number of carbonyl (C=O) groups excluding carboxylic acids is 1. The summed E-state index contributed by atoms with van der Waals surface area (Å²) in [4.78, 5) is 14.8. The molecular formula is C11H13F3N2O. The highest BCUT2D eigenvalue weighted by Crippen LogP contribution is 2.28. The maximum Gasteiger partial charge on any atom is 0.433 e. The molecule has 17 heavy (non-hydrogen) atoms. The SMILES string of the molecule is CC(C)(C)C(=O)Nc1ccc(C(F)(F)F)nc1. The van der Waals surface area contributed by atoms with E-state index in [1.807, 2.05) is 0 Å². The van der Waals surface area contributed by atoms with E-state index in [1.54, 1.807) is 20.8 Å². The first-order valence-corrected chi connectivity index (χ1v) is 4.95. The van der Waals surface area contributed by atoms with Gasteiger partial charge in [0.25, 0.3) is 0 Å². The lowest BCUT2D eigenvalue weighted by atomic mass is 9.95. The van der Waals surface area contributed by atoms with Crippen LogP contribution < -0.4 is 5.32 Å². The molecule has 1 heterocycles. The Bertz CT molecular complexity index is 404. The van der Waals surface area contributed by atoms with Crippen LogP contribution in [0, 0.1) is 5.41 Å². The number of rotatable bonds is 1. The molecule has 0 aliphatic carbocycles. The van der Waals surface area contributed by atoms with Gasteiger partial charge in [-0.15, -0.1) is 0 Å². The summed E-state index contributed by atoms with van der Waals surface area (Å²) in [5.41, 5.74) is -1.34. The Morgan fingerprint density at radius 1 is 1.24 bits per heavy atom. The maximum atomic E-state index is 12.2. The van der Waals surface area contributed by atoms with Gasteiger partial charge in [0, 0.05) is 5.41 Å². The van der Waals surface area contributed by atoms with Gasteiger partial charge < -0.3 is 5.32 Å². The molecule has 0 radical (unpaired) electrons. The lowest BCUT2D eigenvalue weighted by molar-refractivity contribution is -0.141. The fourth-order valence-corrected chi connectivity index (χ4v) is 0.954. The quantitative estimate of drug-likeness (QED) is 0.827. The molecule has 0 aliphatic rings. The third-order valence-corrected chi connectivity index (χ3v) is 1.99. The zero-order valence-corrected chi connectivity index (χ0v) is 9.72. The summed E-state index contributed by atoms with van der Waals surface area (Å²) >= 11 is 0. The van der Waals surface area contributed by atoms with E-state index in [9.17, 15) is 18.0 Å². The summed E-state index contributed by atoms with van der Waals surface area (Å²) in [7, 11) is 0. The van der Waals surface area contributed by atoms with Gasteiger partial charge in [0.1, 0.15) is 5.69 Å². The van der Waals surface area contributed by atoms with Crippen molar-refractivity contribution in [2.45, 2.75) is 26.9 Å². The molecule has 1 aromatic rings. The van der Waals surface area contributed by atoms with Gasteiger partial charge in [-0.05, 0) is 12.1 Å². The monoisotopic (exact) mass is 246 g/mol. The van der Waals surface area contributed by atoms with Gasteiger partial charge in [-0.3, -0.25) is 4.79 Å². The van der Waals surface area contributed by atoms with Gasteiger partial charge in [-0.25, -0.2) is 4.98 Å². The van der Waals surface area contributed by atoms with Crippen molar-refractivity contribution in [3.8, 4) is 0 Å². The van der Waals surface area contributed by atoms with Crippen LogP contribution in [0.2, 0.25) is 0 Å². The third-order valence-electron chi connectivity index (χ3n) is 1.99. The van der Waals surface area contributed by atoms with E-state index in [0.29, 0.717) is 0 Å². The Morgan fingerprint density at radius 2 is 1.82 bits per heavy atom. The molecule has 0 saturated heterocycles. The average molecular weight is 246 g/mol. The number of halogens is 3. The molecule has 94 valence electrons. The minimum absolute atomic E-state index is 0.248. The van der Waals surface area contributed by atoms with E-state index in [4.69, 9.17) is 0 Å². The van der Waals surface area contributed by atoms with E-state index in [1.165, 1.54) is 6.07 Å². The van der Waals surface area contributed by atoms with Crippen LogP contribution in [0.25, 0.3) is 0 Å². The highest BCUT2D eigenvalue weighted by Gasteiger charge is 2.32. The van der Waals surface area contributed by atoms with Crippen molar-refractivity contribution in [1.29, 1.82) is 0 Å². The Kier molecular flexibility index (Phi) is 3.45. The molecule has 1 amide bonds. The van der Waals surface area contributed by atoms with Crippen molar-refractivity contribution < 1.29 is 18.0 Å². The largest absolute Gasteiger partial charge is 0.433 e. The van der Waals surface area contributed by atoms with Crippen molar-refractivity contribution in [2.75, 3.05) is 5.32 Å². The second-order valence-corrected chi connectivity index (χ2v) is 4.63. The second kappa shape index (κ2) is 4.35. The number of hydrogen-bond donors (Lipinski definition) is 1. The number of alkyl halides is 3. The maximum absolute atomic E-state index is 12.2. The molecule has 0 aliphatic heterocycles. The average Bonchev–Trinajstić information content (AvgIpc) is 2.15. The zero-order valence-electron chi connectivity index (χ0n) is 9.72. The van der Waals surface area contributed by atoms with E-state index in [-0.39, 0.29) is 11.6 Å². The van der Waals surface area contributed by atoms with E-state index >= 15 is 0 Å². The highest BCUT2D eigenvalue weighted by atomic mass is 19.4. The van der Waals surface area contributed by atoms with Gasteiger partial charge in [-0.1, -0.05) is 20.8 Å². The molecule has 0 aromatic carbocycles. The molecule has 0 bridgehead atoms. The molecule has 1 rings (SSSR count). The molecule has 0 saturated carbocycles. The van der Waals surface area contributed by atoms with Crippen molar-refractivity contribution in [3.63, 3.8) is 0 Å². The number of aromatic nitrogens is 1. The van der Waals surface area contributed by atoms with Crippen molar-refractivity contribution in [3.05, 3.63) is 24.0 Å². The normalized spacial score (nSPS) is 12.4. The Labute approximate surface area is 97.0 Å². The Balaban J connectivity index is 2.80. The van der Waals surface area contributed by atoms with E-state index in [0.717, 1.165) is 12.3 Å². The van der Waals surface area contributed by atoms with Crippen LogP contribution >= 0.6 is 0 Å². The first-order chi connectivity index (χ1) is 7.60. The first-order valence-electron chi connectivity index (χ1n) is 4.95. The van der Waals surface area contributed by atoms with Gasteiger partial charge in [0.05, 0.1) is 11.9 Å². The van der Waals surface area contributed by atoms with Gasteiger partial charge in [0.2, 0.25) is 5.91 Å². The number of amides is 1. The summed E-state index contributed by atoms with van der Waals surface area (Å²) in [6.07, 6.45) is -3.47. The summed E-state index contributed by atoms with van der Waals surface area (Å²) < 4.78 is 36.7. The summed E-state index contributed by atoms with van der Waals surface area (Å²) in [6, 6.07) is 2.01. The Morgan fingerprint density at radius 3 is 2.18 bits per heavy atom. The van der Waals surface area contributed by atoms with Crippen LogP contribution in [-0.4, -0.2) is 10.9 Å². The van der Waals surface area contributed by atoms with Crippen LogP contribution in [-0.2, 0) is 11.0 Å². The lowest BCUT2D eigenvalue weighted by Crippen LogP contribution is -2.27. The lowest BCUT2D eigenvalue weighted by Gasteiger charge is -2.17. The number of nitrogens with zero attached hydrogens (tertiary/aromatic N) is 1. The van der Waals surface area contributed by atoms with Gasteiger partial charge in [-0.2, -0.15) is 13.2 Å². The van der Waals surface area contributed by atoms with Gasteiger partial charge >= 0.3 is 6.18 Å². The number of pyridine rings is 1. The van der Waals surface area contributed by atoms with Crippen molar-refractivity contribution in [1.82, 2.24) is 4.98 Å². The number of carbonyl (C=O) groups is 1. The smallest absolute Gasteiger partial charge is 0.324 e. The summed E-state index contributed by atoms with van der Waals surface area (Å²) in [6.45, 7) is 5.12. The van der Waals surface area contributed by atoms with Crippen molar-refractivity contribution >= 4 is 11.6 Å². The third kappa shape index (κ3) is 3.72. The topological polar surface area (TPSA) is 42.0 Å². The highest BCUT2D eigenvalue weighted by molar-refractivity contribution is 5.94. The molecule has 0 spiro atoms. The summed E-state index contributed by atoms with van der Waals surface area (Å²) in [5.74, 6) is -0.279. The van der Waals surface area contributed by atoms with Crippen LogP contribution in [0.5, 0.6) is 0 Å². The number of hydrogen-bond acceptors (Lipinski definition) is 2. The summed E-state index contributed by atoms with van der Waals surface area (Å²) in [5, 5.41) is 2.49.